The molecule has 0 amide bonds. The number of carbonyl (C=O) groups is 1. The first-order valence-electron chi connectivity index (χ1n) is 6.86. The number of likely N-dealkylation sites (N-methyl/N-ethyl adjacent to an activating group) is 1. The van der Waals surface area contributed by atoms with Crippen LogP contribution in [0.4, 0.5) is 11.6 Å². The maximum absolute atomic E-state index is 11.1. The molecule has 0 bridgehead atoms. The number of thioether (sulfide) groups is 1. The van der Waals surface area contributed by atoms with Crippen molar-refractivity contribution in [1.29, 1.82) is 0 Å². The molecule has 1 aliphatic rings. The van der Waals surface area contributed by atoms with Gasteiger partial charge in [0.25, 0.3) is 0 Å². The number of halogens is 1. The SMILES string of the molecule is CC1=C(c2ccnc(Nc3ccc(Cl)nc3)n2)SC(C=O)N1C. The summed E-state index contributed by atoms with van der Waals surface area (Å²) >= 11 is 7.26. The standard InChI is InChI=1S/C15H14ClN5OS/c1-9-14(23-13(8-22)21(9)2)11-5-6-17-15(20-11)19-10-3-4-12(16)18-7-10/h3-8,13H,1-2H3,(H,17,19,20). The van der Waals surface area contributed by atoms with Gasteiger partial charge in [-0.1, -0.05) is 23.4 Å². The van der Waals surface area contributed by atoms with Crippen LogP contribution in [0.5, 0.6) is 0 Å². The number of pyridine rings is 1. The van der Waals surface area contributed by atoms with Gasteiger partial charge in [-0.2, -0.15) is 0 Å². The van der Waals surface area contributed by atoms with Gasteiger partial charge in [-0.05, 0) is 25.1 Å². The molecule has 3 rings (SSSR count). The Balaban J connectivity index is 1.86. The highest BCUT2D eigenvalue weighted by atomic mass is 35.5. The van der Waals surface area contributed by atoms with Gasteiger partial charge in [0.15, 0.2) is 6.29 Å². The number of rotatable bonds is 4. The molecule has 0 saturated carbocycles. The number of aldehydes is 1. The number of nitrogens with one attached hydrogen (secondary N) is 1. The number of nitrogens with zero attached hydrogens (tertiary/aromatic N) is 4. The summed E-state index contributed by atoms with van der Waals surface area (Å²) in [6.45, 7) is 1.98. The molecule has 2 aromatic heterocycles. The average molecular weight is 348 g/mol. The van der Waals surface area contributed by atoms with Crippen LogP contribution in [0.25, 0.3) is 4.91 Å². The Labute approximate surface area is 143 Å². The molecule has 6 nitrogen and oxygen atoms in total. The van der Waals surface area contributed by atoms with Crippen molar-refractivity contribution in [3.05, 3.63) is 47.1 Å². The van der Waals surface area contributed by atoms with Gasteiger partial charge in [0.2, 0.25) is 5.95 Å². The first kappa shape index (κ1) is 15.8. The van der Waals surface area contributed by atoms with Crippen molar-refractivity contribution in [3.8, 4) is 0 Å². The molecule has 1 unspecified atom stereocenters. The van der Waals surface area contributed by atoms with Crippen LogP contribution in [-0.2, 0) is 4.79 Å². The van der Waals surface area contributed by atoms with Gasteiger partial charge in [0, 0.05) is 18.9 Å². The molecule has 0 fully saturated rings. The first-order chi connectivity index (χ1) is 11.1. The molecule has 0 aromatic carbocycles. The van der Waals surface area contributed by atoms with Crippen molar-refractivity contribution in [2.45, 2.75) is 12.3 Å². The smallest absolute Gasteiger partial charge is 0.227 e. The van der Waals surface area contributed by atoms with Gasteiger partial charge in [-0.3, -0.25) is 0 Å². The molecule has 23 heavy (non-hydrogen) atoms. The van der Waals surface area contributed by atoms with Crippen molar-refractivity contribution >= 4 is 46.2 Å². The van der Waals surface area contributed by atoms with Crippen molar-refractivity contribution < 1.29 is 4.79 Å². The summed E-state index contributed by atoms with van der Waals surface area (Å²) in [6, 6.07) is 5.32. The van der Waals surface area contributed by atoms with Gasteiger partial charge < -0.3 is 15.0 Å². The van der Waals surface area contributed by atoms with Crippen LogP contribution < -0.4 is 5.32 Å². The largest absolute Gasteiger partial charge is 0.359 e. The van der Waals surface area contributed by atoms with Crippen molar-refractivity contribution in [2.75, 3.05) is 12.4 Å². The molecule has 0 aliphatic carbocycles. The first-order valence-corrected chi connectivity index (χ1v) is 8.12. The third-order valence-electron chi connectivity index (χ3n) is 3.47. The number of carbonyl (C=O) groups excluding carboxylic acids is 1. The zero-order valence-electron chi connectivity index (χ0n) is 12.5. The number of hydrogen-bond donors (Lipinski definition) is 1. The van der Waals surface area contributed by atoms with E-state index in [9.17, 15) is 4.79 Å². The third-order valence-corrected chi connectivity index (χ3v) is 5.10. The van der Waals surface area contributed by atoms with Crippen LogP contribution in [0, 0.1) is 0 Å². The fraction of sp³-hybridized carbons (Fsp3) is 0.200. The van der Waals surface area contributed by atoms with Gasteiger partial charge in [-0.25, -0.2) is 15.0 Å². The molecule has 1 atom stereocenters. The van der Waals surface area contributed by atoms with Gasteiger partial charge in [0.1, 0.15) is 10.5 Å². The van der Waals surface area contributed by atoms with Crippen LogP contribution in [0.2, 0.25) is 5.15 Å². The molecular weight excluding hydrogens is 334 g/mol. The van der Waals surface area contributed by atoms with Crippen LogP contribution in [0.3, 0.4) is 0 Å². The Morgan fingerprint density at radius 2 is 2.17 bits per heavy atom. The summed E-state index contributed by atoms with van der Waals surface area (Å²) in [7, 11) is 1.90. The summed E-state index contributed by atoms with van der Waals surface area (Å²) in [5.41, 5.74) is 2.55. The lowest BCUT2D eigenvalue weighted by Gasteiger charge is -2.16. The van der Waals surface area contributed by atoms with E-state index in [-0.39, 0.29) is 5.37 Å². The lowest BCUT2D eigenvalue weighted by atomic mass is 10.3. The summed E-state index contributed by atoms with van der Waals surface area (Å²) < 4.78 is 0. The Kier molecular flexibility index (Phi) is 4.49. The van der Waals surface area contributed by atoms with E-state index in [4.69, 9.17) is 11.6 Å². The van der Waals surface area contributed by atoms with Crippen LogP contribution in [-0.4, -0.2) is 38.6 Å². The predicted octanol–water partition coefficient (Wildman–Crippen LogP) is 3.16. The molecule has 3 heterocycles. The van der Waals surface area contributed by atoms with E-state index in [1.807, 2.05) is 24.9 Å². The monoisotopic (exact) mass is 347 g/mol. The van der Waals surface area contributed by atoms with E-state index in [0.29, 0.717) is 11.1 Å². The Hall–Kier alpha value is -2.12. The molecule has 2 aromatic rings. The van der Waals surface area contributed by atoms with E-state index < -0.39 is 0 Å². The van der Waals surface area contributed by atoms with E-state index in [1.54, 1.807) is 24.5 Å². The fourth-order valence-electron chi connectivity index (χ4n) is 2.13. The maximum atomic E-state index is 11.1. The average Bonchev–Trinajstić information content (AvgIpc) is 2.85. The summed E-state index contributed by atoms with van der Waals surface area (Å²) in [5, 5.41) is 3.30. The lowest BCUT2D eigenvalue weighted by molar-refractivity contribution is -0.109. The molecule has 0 saturated heterocycles. The highest BCUT2D eigenvalue weighted by Crippen LogP contribution is 2.41. The van der Waals surface area contributed by atoms with Crippen LogP contribution in [0.15, 0.2) is 36.3 Å². The van der Waals surface area contributed by atoms with Crippen molar-refractivity contribution in [2.24, 2.45) is 0 Å². The minimum absolute atomic E-state index is 0.211. The fourth-order valence-corrected chi connectivity index (χ4v) is 3.40. The van der Waals surface area contributed by atoms with Crippen molar-refractivity contribution in [1.82, 2.24) is 19.9 Å². The van der Waals surface area contributed by atoms with E-state index in [2.05, 4.69) is 20.3 Å². The quantitative estimate of drug-likeness (QED) is 0.672. The normalized spacial score (nSPS) is 17.5. The van der Waals surface area contributed by atoms with Gasteiger partial charge >= 0.3 is 0 Å². The molecule has 1 N–H and O–H groups in total. The Morgan fingerprint density at radius 3 is 2.83 bits per heavy atom. The topological polar surface area (TPSA) is 71.0 Å². The van der Waals surface area contributed by atoms with Gasteiger partial charge in [0.05, 0.1) is 22.5 Å². The van der Waals surface area contributed by atoms with E-state index >= 15 is 0 Å². The summed E-state index contributed by atoms with van der Waals surface area (Å²) in [4.78, 5) is 26.8. The number of aromatic nitrogens is 3. The zero-order chi connectivity index (χ0) is 16.4. The second-order valence-electron chi connectivity index (χ2n) is 4.93. The predicted molar refractivity (Wildman–Crippen MR) is 92.4 cm³/mol. The summed E-state index contributed by atoms with van der Waals surface area (Å²) in [6.07, 6.45) is 4.23. The van der Waals surface area contributed by atoms with E-state index in [0.717, 1.165) is 28.3 Å². The molecule has 8 heteroatoms. The molecule has 0 radical (unpaired) electrons. The van der Waals surface area contributed by atoms with Gasteiger partial charge in [-0.15, -0.1) is 0 Å². The number of anilines is 2. The minimum Gasteiger partial charge on any atom is -0.359 e. The van der Waals surface area contributed by atoms with Crippen LogP contribution in [0.1, 0.15) is 12.6 Å². The Bertz CT molecular complexity index is 765. The molecule has 0 spiro atoms. The van der Waals surface area contributed by atoms with Crippen LogP contribution >= 0.6 is 23.4 Å². The zero-order valence-corrected chi connectivity index (χ0v) is 14.1. The maximum Gasteiger partial charge on any atom is 0.227 e. The molecular formula is C15H14ClN5OS. The highest BCUT2D eigenvalue weighted by Gasteiger charge is 2.28. The van der Waals surface area contributed by atoms with E-state index in [1.165, 1.54) is 11.8 Å². The lowest BCUT2D eigenvalue weighted by Crippen LogP contribution is -2.23. The Morgan fingerprint density at radius 1 is 1.35 bits per heavy atom. The number of allylic oxidation sites excluding steroid dienone is 1. The minimum atomic E-state index is -0.211. The number of hydrogen-bond acceptors (Lipinski definition) is 7. The highest BCUT2D eigenvalue weighted by molar-refractivity contribution is 8.09. The second kappa shape index (κ2) is 6.55. The molecule has 1 aliphatic heterocycles. The summed E-state index contributed by atoms with van der Waals surface area (Å²) in [5.74, 6) is 0.463. The third kappa shape index (κ3) is 3.30. The van der Waals surface area contributed by atoms with Crippen molar-refractivity contribution in [3.63, 3.8) is 0 Å². The molecule has 118 valence electrons. The second-order valence-corrected chi connectivity index (χ2v) is 6.44.